The molecule has 5 aromatic rings. The molecule has 5 aromatic carbocycles. The molecule has 1 aliphatic heterocycles. The van der Waals surface area contributed by atoms with Crippen LogP contribution < -0.4 is 9.47 Å². The van der Waals surface area contributed by atoms with Crippen molar-refractivity contribution in [3.63, 3.8) is 0 Å². The maximum atomic E-state index is 13.7. The van der Waals surface area contributed by atoms with E-state index in [0.29, 0.717) is 34.6 Å². The number of benzene rings is 5. The van der Waals surface area contributed by atoms with Crippen molar-refractivity contribution in [2.24, 2.45) is 5.10 Å². The standard InChI is InChI=1S/C34H26N2O4/c1-39-27-19-16-24(17-20-27)31-22-30(35-36(31)33(37)25-11-4-2-5-12-25)29-21-18-23-10-8-9-15-28(23)32(29)40-34(38)26-13-6-3-7-14-26/h2-21,31H,22H2,1H3/t31-/m0/s1. The fraction of sp³-hybridized carbons (Fsp3) is 0.0882. The van der Waals surface area contributed by atoms with Gasteiger partial charge in [-0.3, -0.25) is 4.79 Å². The summed E-state index contributed by atoms with van der Waals surface area (Å²) in [4.78, 5) is 26.9. The molecule has 0 saturated carbocycles. The number of carbonyl (C=O) groups excluding carboxylic acids is 2. The fourth-order valence-corrected chi connectivity index (χ4v) is 4.97. The highest BCUT2D eigenvalue weighted by molar-refractivity contribution is 6.11. The number of nitrogens with zero attached hydrogens (tertiary/aromatic N) is 2. The summed E-state index contributed by atoms with van der Waals surface area (Å²) in [5.74, 6) is 0.488. The van der Waals surface area contributed by atoms with Crippen LogP contribution in [0.25, 0.3) is 10.8 Å². The van der Waals surface area contributed by atoms with E-state index in [-0.39, 0.29) is 11.9 Å². The molecule has 0 aliphatic carbocycles. The van der Waals surface area contributed by atoms with Gasteiger partial charge in [-0.15, -0.1) is 0 Å². The van der Waals surface area contributed by atoms with Gasteiger partial charge < -0.3 is 9.47 Å². The van der Waals surface area contributed by atoms with Gasteiger partial charge in [-0.25, -0.2) is 9.80 Å². The summed E-state index contributed by atoms with van der Waals surface area (Å²) in [6.07, 6.45) is 0.444. The minimum Gasteiger partial charge on any atom is -0.497 e. The Balaban J connectivity index is 1.45. The monoisotopic (exact) mass is 526 g/mol. The van der Waals surface area contributed by atoms with Crippen LogP contribution in [-0.2, 0) is 0 Å². The van der Waals surface area contributed by atoms with E-state index in [4.69, 9.17) is 14.6 Å². The smallest absolute Gasteiger partial charge is 0.343 e. The molecule has 1 atom stereocenters. The maximum absolute atomic E-state index is 13.7. The lowest BCUT2D eigenvalue weighted by Gasteiger charge is -2.22. The average Bonchev–Trinajstić information content (AvgIpc) is 3.47. The molecule has 0 aromatic heterocycles. The van der Waals surface area contributed by atoms with E-state index in [1.807, 2.05) is 84.9 Å². The number of ether oxygens (including phenoxy) is 2. The zero-order valence-electron chi connectivity index (χ0n) is 21.9. The number of hydrazone groups is 1. The van der Waals surface area contributed by atoms with Crippen LogP contribution in [-0.4, -0.2) is 29.7 Å². The Hall–Kier alpha value is -5.23. The van der Waals surface area contributed by atoms with Gasteiger partial charge in [-0.05, 0) is 53.4 Å². The molecule has 6 heteroatoms. The second-order valence-corrected chi connectivity index (χ2v) is 9.47. The van der Waals surface area contributed by atoms with Crippen molar-refractivity contribution < 1.29 is 19.1 Å². The van der Waals surface area contributed by atoms with Crippen molar-refractivity contribution in [2.75, 3.05) is 7.11 Å². The molecule has 0 fully saturated rings. The predicted molar refractivity (Wildman–Crippen MR) is 155 cm³/mol. The number of fused-ring (bicyclic) bond motifs is 1. The first-order valence-electron chi connectivity index (χ1n) is 13.0. The van der Waals surface area contributed by atoms with Crippen LogP contribution in [0.3, 0.4) is 0 Å². The fourth-order valence-electron chi connectivity index (χ4n) is 4.97. The largest absolute Gasteiger partial charge is 0.497 e. The quantitative estimate of drug-likeness (QED) is 0.175. The molecule has 6 nitrogen and oxygen atoms in total. The molecular weight excluding hydrogens is 500 g/mol. The highest BCUT2D eigenvalue weighted by Crippen LogP contribution is 2.39. The van der Waals surface area contributed by atoms with Crippen molar-refractivity contribution in [3.8, 4) is 11.5 Å². The molecule has 1 heterocycles. The number of methoxy groups -OCH3 is 1. The lowest BCUT2D eigenvalue weighted by Crippen LogP contribution is -2.27. The number of carbonyl (C=O) groups is 2. The first kappa shape index (κ1) is 25.1. The third kappa shape index (κ3) is 4.83. The summed E-state index contributed by atoms with van der Waals surface area (Å²) in [7, 11) is 1.62. The van der Waals surface area contributed by atoms with Crippen LogP contribution in [0.2, 0.25) is 0 Å². The van der Waals surface area contributed by atoms with Gasteiger partial charge in [0.2, 0.25) is 0 Å². The third-order valence-corrected chi connectivity index (χ3v) is 7.03. The average molecular weight is 527 g/mol. The summed E-state index contributed by atoms with van der Waals surface area (Å²) >= 11 is 0. The number of hydrogen-bond acceptors (Lipinski definition) is 5. The highest BCUT2D eigenvalue weighted by atomic mass is 16.5. The van der Waals surface area contributed by atoms with Gasteiger partial charge in [-0.2, -0.15) is 5.10 Å². The van der Waals surface area contributed by atoms with Gasteiger partial charge in [-0.1, -0.05) is 78.9 Å². The zero-order chi connectivity index (χ0) is 27.5. The molecule has 0 N–H and O–H groups in total. The Bertz CT molecular complexity index is 1710. The van der Waals surface area contributed by atoms with E-state index in [0.717, 1.165) is 22.1 Å². The van der Waals surface area contributed by atoms with Crippen LogP contribution >= 0.6 is 0 Å². The summed E-state index contributed by atoms with van der Waals surface area (Å²) in [5.41, 5.74) is 3.25. The Morgan fingerprint density at radius 2 is 1.40 bits per heavy atom. The number of esters is 1. The van der Waals surface area contributed by atoms with Crippen LogP contribution in [0, 0.1) is 0 Å². The minimum atomic E-state index is -0.458. The van der Waals surface area contributed by atoms with E-state index in [1.165, 1.54) is 5.01 Å². The van der Waals surface area contributed by atoms with E-state index < -0.39 is 5.97 Å². The van der Waals surface area contributed by atoms with Crippen LogP contribution in [0.4, 0.5) is 0 Å². The van der Waals surface area contributed by atoms with E-state index in [9.17, 15) is 9.59 Å². The summed E-state index contributed by atoms with van der Waals surface area (Å²) in [6, 6.07) is 37.0. The van der Waals surface area contributed by atoms with Crippen LogP contribution in [0.5, 0.6) is 11.5 Å². The number of amides is 1. The highest BCUT2D eigenvalue weighted by Gasteiger charge is 2.35. The Morgan fingerprint density at radius 3 is 2.10 bits per heavy atom. The van der Waals surface area contributed by atoms with Crippen molar-refractivity contribution >= 4 is 28.4 Å². The van der Waals surface area contributed by atoms with E-state index >= 15 is 0 Å². The van der Waals surface area contributed by atoms with Gasteiger partial charge >= 0.3 is 5.97 Å². The zero-order valence-corrected chi connectivity index (χ0v) is 21.9. The molecule has 1 amide bonds. The Kier molecular flexibility index (Phi) is 6.81. The lowest BCUT2D eigenvalue weighted by molar-refractivity contribution is 0.0708. The van der Waals surface area contributed by atoms with Gasteiger partial charge in [0.15, 0.2) is 0 Å². The van der Waals surface area contributed by atoms with Crippen molar-refractivity contribution in [3.05, 3.63) is 144 Å². The van der Waals surface area contributed by atoms with Crippen LogP contribution in [0.1, 0.15) is 44.3 Å². The first-order valence-corrected chi connectivity index (χ1v) is 13.0. The molecule has 6 rings (SSSR count). The first-order chi connectivity index (χ1) is 19.6. The second kappa shape index (κ2) is 10.9. The maximum Gasteiger partial charge on any atom is 0.343 e. The Labute approximate surface area is 232 Å². The molecule has 196 valence electrons. The number of hydrogen-bond donors (Lipinski definition) is 0. The van der Waals surface area contributed by atoms with Crippen molar-refractivity contribution in [1.29, 1.82) is 0 Å². The molecule has 0 bridgehead atoms. The summed E-state index contributed by atoms with van der Waals surface area (Å²) in [6.45, 7) is 0. The summed E-state index contributed by atoms with van der Waals surface area (Å²) < 4.78 is 11.4. The Morgan fingerprint density at radius 1 is 0.750 bits per heavy atom. The predicted octanol–water partition coefficient (Wildman–Crippen LogP) is 7.06. The van der Waals surface area contributed by atoms with Crippen molar-refractivity contribution in [1.82, 2.24) is 5.01 Å². The molecule has 0 spiro atoms. The van der Waals surface area contributed by atoms with Gasteiger partial charge in [0, 0.05) is 22.9 Å². The second-order valence-electron chi connectivity index (χ2n) is 9.47. The van der Waals surface area contributed by atoms with Crippen molar-refractivity contribution in [2.45, 2.75) is 12.5 Å². The summed E-state index contributed by atoms with van der Waals surface area (Å²) in [5, 5.41) is 8.12. The van der Waals surface area contributed by atoms with E-state index in [2.05, 4.69) is 0 Å². The van der Waals surface area contributed by atoms with Gasteiger partial charge in [0.05, 0.1) is 24.4 Å². The molecule has 0 unspecified atom stereocenters. The molecule has 0 saturated heterocycles. The molecule has 40 heavy (non-hydrogen) atoms. The van der Waals surface area contributed by atoms with Gasteiger partial charge in [0.1, 0.15) is 11.5 Å². The van der Waals surface area contributed by atoms with E-state index in [1.54, 1.807) is 43.5 Å². The SMILES string of the molecule is COc1ccc([C@@H]2CC(c3ccc4ccccc4c3OC(=O)c3ccccc3)=NN2C(=O)c2ccccc2)cc1. The molecule has 0 radical (unpaired) electrons. The normalized spacial score (nSPS) is 14.6. The minimum absolute atomic E-state index is 0.208. The number of rotatable bonds is 6. The third-order valence-electron chi connectivity index (χ3n) is 7.03. The topological polar surface area (TPSA) is 68.2 Å². The lowest BCUT2D eigenvalue weighted by atomic mass is 9.95. The molecular formula is C34H26N2O4. The van der Waals surface area contributed by atoms with Crippen LogP contribution in [0.15, 0.2) is 126 Å². The molecule has 1 aliphatic rings. The van der Waals surface area contributed by atoms with Gasteiger partial charge in [0.25, 0.3) is 5.91 Å².